The number of carbonyl (C=O) groups is 16. The lowest BCUT2D eigenvalue weighted by Crippen LogP contribution is -2.61. The van der Waals surface area contributed by atoms with Crippen LogP contribution in [-0.4, -0.2) is 186 Å². The van der Waals surface area contributed by atoms with E-state index in [-0.39, 0.29) is 50.3 Å². The van der Waals surface area contributed by atoms with Gasteiger partial charge >= 0.3 is 0 Å². The molecular formula is C56H83N11O18. The van der Waals surface area contributed by atoms with Crippen molar-refractivity contribution >= 4 is 96.4 Å². The Kier molecular flexibility index (Phi) is 33.0. The third-order valence-electron chi connectivity index (χ3n) is 13.6. The number of aliphatic hydroxyl groups is 2. The van der Waals surface area contributed by atoms with Crippen molar-refractivity contribution in [3.8, 4) is 0 Å². The molecule has 1 aromatic carbocycles. The summed E-state index contributed by atoms with van der Waals surface area (Å²) >= 11 is 0. The Labute approximate surface area is 492 Å². The lowest BCUT2D eigenvalue weighted by atomic mass is 10.00. The zero-order chi connectivity index (χ0) is 63.8. The Morgan fingerprint density at radius 2 is 1.07 bits per heavy atom. The van der Waals surface area contributed by atoms with Crippen molar-refractivity contribution in [1.82, 2.24) is 58.5 Å². The first-order chi connectivity index (χ1) is 40.3. The second-order valence-corrected chi connectivity index (χ2v) is 21.2. The van der Waals surface area contributed by atoms with E-state index < -0.39 is 183 Å². The molecule has 29 nitrogen and oxygen atoms in total. The number of nitrogens with one attached hydrogen (secondary N) is 11. The van der Waals surface area contributed by atoms with Gasteiger partial charge in [-0.05, 0) is 50.5 Å². The summed E-state index contributed by atoms with van der Waals surface area (Å²) in [5.74, 6) is -12.0. The zero-order valence-corrected chi connectivity index (χ0v) is 48.7. The van der Waals surface area contributed by atoms with Gasteiger partial charge in [-0.3, -0.25) is 52.7 Å². The predicted octanol–water partition coefficient (Wildman–Crippen LogP) is -4.04. The minimum atomic E-state index is -1.90. The van der Waals surface area contributed by atoms with Crippen LogP contribution in [0.4, 0.5) is 0 Å². The first kappa shape index (κ1) is 72.8. The normalized spacial score (nSPS) is 22.6. The van der Waals surface area contributed by atoms with Crippen LogP contribution < -0.4 is 58.5 Å². The van der Waals surface area contributed by atoms with Crippen molar-refractivity contribution in [2.45, 2.75) is 198 Å². The van der Waals surface area contributed by atoms with Gasteiger partial charge in [0.15, 0.2) is 0 Å². The topological polar surface area (TPSA) is 446 Å². The molecule has 1 aromatic rings. The summed E-state index contributed by atoms with van der Waals surface area (Å²) in [6.45, 7) is 9.03. The molecule has 470 valence electrons. The van der Waals surface area contributed by atoms with Crippen LogP contribution in [0.5, 0.6) is 0 Å². The van der Waals surface area contributed by atoms with Gasteiger partial charge in [-0.25, -0.2) is 0 Å². The number of carbonyl (C=O) groups excluding carboxylic acids is 16. The smallest absolute Gasteiger partial charge is 0.245 e. The highest BCUT2D eigenvalue weighted by atomic mass is 16.3. The van der Waals surface area contributed by atoms with Gasteiger partial charge in [-0.15, -0.1) is 0 Å². The van der Waals surface area contributed by atoms with Crippen molar-refractivity contribution in [1.29, 1.82) is 0 Å². The Morgan fingerprint density at radius 3 is 1.58 bits per heavy atom. The van der Waals surface area contributed by atoms with Crippen molar-refractivity contribution in [2.24, 2.45) is 11.8 Å². The fourth-order valence-electron chi connectivity index (χ4n) is 8.58. The predicted molar refractivity (Wildman–Crippen MR) is 301 cm³/mol. The Hall–Kier alpha value is -8.34. The third kappa shape index (κ3) is 26.0. The molecule has 0 aromatic heterocycles. The number of aliphatic hydroxyl groups excluding tert-OH is 2. The van der Waals surface area contributed by atoms with Gasteiger partial charge in [-0.1, -0.05) is 77.3 Å². The summed E-state index contributed by atoms with van der Waals surface area (Å²) in [6.07, 6.45) is -3.57. The maximum atomic E-state index is 14.4. The van der Waals surface area contributed by atoms with Gasteiger partial charge in [0.05, 0.1) is 12.2 Å². The van der Waals surface area contributed by atoms with Gasteiger partial charge in [0, 0.05) is 51.5 Å². The van der Waals surface area contributed by atoms with E-state index in [0.29, 0.717) is 24.2 Å². The first-order valence-corrected chi connectivity index (χ1v) is 28.2. The second kappa shape index (κ2) is 38.5. The molecule has 0 aliphatic carbocycles. The maximum Gasteiger partial charge on any atom is 0.245 e. The molecule has 2 rings (SSSR count). The largest absolute Gasteiger partial charge is 0.391 e. The highest BCUT2D eigenvalue weighted by Gasteiger charge is 2.38. The second-order valence-electron chi connectivity index (χ2n) is 21.2. The van der Waals surface area contributed by atoms with Crippen LogP contribution in [0.25, 0.3) is 0 Å². The molecule has 0 spiro atoms. The van der Waals surface area contributed by atoms with Crippen molar-refractivity contribution < 1.29 is 86.9 Å². The minimum Gasteiger partial charge on any atom is -0.391 e. The number of amides is 11. The van der Waals surface area contributed by atoms with Gasteiger partial charge in [-0.2, -0.15) is 0 Å². The number of benzene rings is 1. The van der Waals surface area contributed by atoms with E-state index in [1.165, 1.54) is 0 Å². The van der Waals surface area contributed by atoms with Gasteiger partial charge in [0.2, 0.25) is 65.0 Å². The monoisotopic (exact) mass is 1200 g/mol. The summed E-state index contributed by atoms with van der Waals surface area (Å²) in [7, 11) is 0. The van der Waals surface area contributed by atoms with Crippen molar-refractivity contribution in [3.63, 3.8) is 0 Å². The molecule has 1 saturated heterocycles. The molecule has 1 fully saturated rings. The standard InChI is InChI=1S/C56H83N11O18/c1-7-32(4)13-11-12-16-44(75)58-37(18-24-68)51(80)67-46(34(6)74)56(85)63-40(21-27-71)49(78)59-36-17-23-57-55(84)45(33(5)73)66-52(81)41(22-28-72)61-48(77)38(19-25-69)62-53(82)42(29-31(2)3)64-54(83)43(30-35-14-9-8-10-15-35)65-50(79)39(20-26-70)60-47(36)76/h8-10,14-15,24-28,31-34,36-43,45-46,73-74H,7,11-13,16-23,29-30H2,1-6H3,(H,57,84)(H,58,75)(H,59,78)(H,60,76)(H,61,77)(H,62,82)(H,63,85)(H,64,83)(H,65,79)(H,66,81)(H,67,80)/t32?,33-,34-,36+,37+,38+,39+,40+,41+,42+,43-,45+,46+/m1/s1. The van der Waals surface area contributed by atoms with E-state index in [1.54, 1.807) is 44.2 Å². The van der Waals surface area contributed by atoms with Crippen LogP contribution in [0.1, 0.15) is 124 Å². The van der Waals surface area contributed by atoms with E-state index in [9.17, 15) is 86.9 Å². The number of rotatable bonds is 29. The lowest BCUT2D eigenvalue weighted by molar-refractivity contribution is -0.137. The number of unbranched alkanes of at least 4 members (excludes halogenated alkanes) is 1. The molecule has 13 N–H and O–H groups in total. The molecule has 1 heterocycles. The van der Waals surface area contributed by atoms with Crippen LogP contribution in [0.15, 0.2) is 30.3 Å². The quantitative estimate of drug-likeness (QED) is 0.0268. The molecule has 0 bridgehead atoms. The molecule has 13 atom stereocenters. The molecule has 11 amide bonds. The summed E-state index contributed by atoms with van der Waals surface area (Å²) in [6, 6.07) is -9.25. The van der Waals surface area contributed by atoms with Crippen LogP contribution in [-0.2, 0) is 83.1 Å². The summed E-state index contributed by atoms with van der Waals surface area (Å²) in [5.41, 5.74) is 0.476. The van der Waals surface area contributed by atoms with Crippen LogP contribution in [0.3, 0.4) is 0 Å². The summed E-state index contributed by atoms with van der Waals surface area (Å²) < 4.78 is 0. The fraction of sp³-hybridized carbons (Fsp3) is 0.607. The van der Waals surface area contributed by atoms with Gasteiger partial charge in [0.1, 0.15) is 91.8 Å². The average Bonchev–Trinajstić information content (AvgIpc) is 3.67. The SMILES string of the molecule is CCC(C)CCCCC(=O)N[C@@H](CC=O)C(=O)N[C@H](C(=O)N[C@@H](CC=O)C(=O)N[C@H]1CCNC(=O)[C@H]([C@@H](C)O)NC(=O)[C@H](CC=O)NC(=O)[C@H](CC=O)NC(=O)[C@H](CC(C)C)NC(=O)[C@@H](Cc2ccccc2)NC(=O)[C@H](CC=O)NC1=O)[C@@H](C)O. The fourth-order valence-corrected chi connectivity index (χ4v) is 8.58. The molecule has 1 unspecified atom stereocenters. The minimum absolute atomic E-state index is 0.0196. The third-order valence-corrected chi connectivity index (χ3v) is 13.6. The van der Waals surface area contributed by atoms with E-state index in [1.807, 2.05) is 6.92 Å². The van der Waals surface area contributed by atoms with Gasteiger partial charge in [0.25, 0.3) is 0 Å². The van der Waals surface area contributed by atoms with E-state index >= 15 is 0 Å². The van der Waals surface area contributed by atoms with Crippen LogP contribution in [0, 0.1) is 11.8 Å². The molecule has 0 radical (unpaired) electrons. The van der Waals surface area contributed by atoms with Crippen molar-refractivity contribution in [3.05, 3.63) is 35.9 Å². The van der Waals surface area contributed by atoms with Crippen LogP contribution in [0.2, 0.25) is 0 Å². The summed E-state index contributed by atoms with van der Waals surface area (Å²) in [4.78, 5) is 211. The number of hydrogen-bond donors (Lipinski definition) is 13. The average molecular weight is 1200 g/mol. The number of hydrogen-bond acceptors (Lipinski definition) is 18. The van der Waals surface area contributed by atoms with Crippen LogP contribution >= 0.6 is 0 Å². The zero-order valence-electron chi connectivity index (χ0n) is 48.7. The molecule has 85 heavy (non-hydrogen) atoms. The van der Waals surface area contributed by atoms with E-state index in [0.717, 1.165) is 33.1 Å². The Balaban J connectivity index is 2.68. The highest BCUT2D eigenvalue weighted by molar-refractivity contribution is 6.00. The lowest BCUT2D eigenvalue weighted by Gasteiger charge is -2.28. The molecular weight excluding hydrogens is 1110 g/mol. The molecule has 29 heteroatoms. The number of aldehydes is 5. The highest BCUT2D eigenvalue weighted by Crippen LogP contribution is 2.14. The van der Waals surface area contributed by atoms with Gasteiger partial charge < -0.3 is 92.7 Å². The van der Waals surface area contributed by atoms with E-state index in [2.05, 4.69) is 65.4 Å². The summed E-state index contributed by atoms with van der Waals surface area (Å²) in [5, 5.41) is 47.1. The molecule has 1 aliphatic heterocycles. The molecule has 1 aliphatic rings. The maximum absolute atomic E-state index is 14.4. The Morgan fingerprint density at radius 1 is 0.576 bits per heavy atom. The first-order valence-electron chi connectivity index (χ1n) is 28.2. The van der Waals surface area contributed by atoms with E-state index in [4.69, 9.17) is 0 Å². The Bertz CT molecular complexity index is 2480. The van der Waals surface area contributed by atoms with Crippen molar-refractivity contribution in [2.75, 3.05) is 6.54 Å². The molecule has 0 saturated carbocycles.